The predicted molar refractivity (Wildman–Crippen MR) is 119 cm³/mol. The predicted octanol–water partition coefficient (Wildman–Crippen LogP) is 4.75. The van der Waals surface area contributed by atoms with Gasteiger partial charge in [-0.25, -0.2) is 9.18 Å². The van der Waals surface area contributed by atoms with Crippen molar-refractivity contribution in [3.05, 3.63) is 63.6 Å². The number of aromatic carboxylic acids is 1. The molecule has 1 aliphatic heterocycles. The molecular formula is C24H18FNO5S. The van der Waals surface area contributed by atoms with E-state index < -0.39 is 17.7 Å². The highest BCUT2D eigenvalue weighted by Crippen LogP contribution is 2.50. The highest BCUT2D eigenvalue weighted by molar-refractivity contribution is 7.15. The number of carbonyl (C=O) groups excluding carboxylic acids is 1. The van der Waals surface area contributed by atoms with Gasteiger partial charge in [-0.2, -0.15) is 0 Å². The summed E-state index contributed by atoms with van der Waals surface area (Å²) in [7, 11) is 1.51. The normalized spacial score (nSPS) is 14.8. The van der Waals surface area contributed by atoms with Crippen LogP contribution in [0.3, 0.4) is 0 Å². The summed E-state index contributed by atoms with van der Waals surface area (Å²) in [6.07, 6.45) is 5.43. The molecule has 32 heavy (non-hydrogen) atoms. The Kier molecular flexibility index (Phi) is 5.84. The van der Waals surface area contributed by atoms with Gasteiger partial charge in [-0.3, -0.25) is 4.79 Å². The van der Waals surface area contributed by atoms with Gasteiger partial charge in [-0.15, -0.1) is 17.8 Å². The van der Waals surface area contributed by atoms with Crippen LogP contribution in [0.2, 0.25) is 0 Å². The first-order valence-corrected chi connectivity index (χ1v) is 10.4. The first-order chi connectivity index (χ1) is 15.4. The lowest BCUT2D eigenvalue weighted by Gasteiger charge is -2.24. The maximum absolute atomic E-state index is 13.4. The van der Waals surface area contributed by atoms with E-state index in [1.807, 2.05) is 6.07 Å². The minimum absolute atomic E-state index is 0.0487. The van der Waals surface area contributed by atoms with E-state index >= 15 is 0 Å². The van der Waals surface area contributed by atoms with Gasteiger partial charge < -0.3 is 19.9 Å². The van der Waals surface area contributed by atoms with Crippen molar-refractivity contribution >= 4 is 28.9 Å². The van der Waals surface area contributed by atoms with Crippen LogP contribution in [0.4, 0.5) is 10.1 Å². The number of carboxylic acid groups (broad SMARTS) is 1. The van der Waals surface area contributed by atoms with Crippen LogP contribution in [0.1, 0.15) is 32.5 Å². The lowest BCUT2D eigenvalue weighted by Crippen LogP contribution is -2.22. The maximum Gasteiger partial charge on any atom is 0.346 e. The lowest BCUT2D eigenvalue weighted by molar-refractivity contribution is -0.116. The second-order valence-electron chi connectivity index (χ2n) is 7.07. The summed E-state index contributed by atoms with van der Waals surface area (Å²) in [6.45, 7) is 0.0487. The molecule has 8 heteroatoms. The second-order valence-corrected chi connectivity index (χ2v) is 8.12. The molecule has 162 valence electrons. The van der Waals surface area contributed by atoms with E-state index in [1.54, 1.807) is 12.1 Å². The Morgan fingerprint density at radius 3 is 2.69 bits per heavy atom. The Balaban J connectivity index is 1.86. The Morgan fingerprint density at radius 1 is 1.28 bits per heavy atom. The van der Waals surface area contributed by atoms with Gasteiger partial charge in [0.1, 0.15) is 17.3 Å². The van der Waals surface area contributed by atoms with Crippen molar-refractivity contribution in [3.63, 3.8) is 0 Å². The van der Waals surface area contributed by atoms with Crippen LogP contribution < -0.4 is 14.8 Å². The van der Waals surface area contributed by atoms with Gasteiger partial charge >= 0.3 is 5.97 Å². The van der Waals surface area contributed by atoms with E-state index in [1.165, 1.54) is 31.4 Å². The summed E-state index contributed by atoms with van der Waals surface area (Å²) < 4.78 is 24.3. The molecule has 2 aromatic carbocycles. The summed E-state index contributed by atoms with van der Waals surface area (Å²) in [5, 5.41) is 12.7. The number of terminal acetylenes is 1. The van der Waals surface area contributed by atoms with E-state index in [0.29, 0.717) is 33.2 Å². The molecule has 2 N–H and O–H groups in total. The quantitative estimate of drug-likeness (QED) is 0.529. The lowest BCUT2D eigenvalue weighted by atomic mass is 9.88. The van der Waals surface area contributed by atoms with Gasteiger partial charge in [0.2, 0.25) is 5.91 Å². The molecule has 1 amide bonds. The van der Waals surface area contributed by atoms with Gasteiger partial charge in [0, 0.05) is 22.8 Å². The average molecular weight is 451 g/mol. The van der Waals surface area contributed by atoms with Crippen molar-refractivity contribution < 1.29 is 28.6 Å². The number of amides is 1. The number of fused-ring (bicyclic) bond motifs is 1. The van der Waals surface area contributed by atoms with E-state index in [-0.39, 0.29) is 23.8 Å². The van der Waals surface area contributed by atoms with Gasteiger partial charge in [-0.1, -0.05) is 24.1 Å². The largest absolute Gasteiger partial charge is 0.493 e. The van der Waals surface area contributed by atoms with Crippen LogP contribution in [0, 0.1) is 18.2 Å². The number of carbonyl (C=O) groups is 2. The highest BCUT2D eigenvalue weighted by Gasteiger charge is 2.34. The molecule has 0 bridgehead atoms. The molecule has 0 saturated heterocycles. The highest BCUT2D eigenvalue weighted by atomic mass is 32.1. The third-order valence-electron chi connectivity index (χ3n) is 5.13. The fraction of sp³-hybridized carbons (Fsp3) is 0.167. The molecule has 4 rings (SSSR count). The number of hydrogen-bond acceptors (Lipinski definition) is 5. The molecule has 1 aromatic heterocycles. The third-order valence-corrected chi connectivity index (χ3v) is 6.43. The molecule has 0 aliphatic carbocycles. The first kappa shape index (κ1) is 21.4. The van der Waals surface area contributed by atoms with Crippen molar-refractivity contribution in [1.29, 1.82) is 0 Å². The van der Waals surface area contributed by atoms with Crippen LogP contribution in [-0.2, 0) is 4.79 Å². The SMILES string of the molecule is C#CCOc1cc([C@H]2CC(=O)Nc3c2sc(C(=O)O)c3-c2ccc(F)cc2)ccc1OC. The zero-order chi connectivity index (χ0) is 22.8. The van der Waals surface area contributed by atoms with Crippen LogP contribution in [0.15, 0.2) is 42.5 Å². The first-order valence-electron chi connectivity index (χ1n) is 9.63. The van der Waals surface area contributed by atoms with Crippen LogP contribution in [0.5, 0.6) is 11.5 Å². The van der Waals surface area contributed by atoms with Crippen molar-refractivity contribution in [2.45, 2.75) is 12.3 Å². The van der Waals surface area contributed by atoms with Gasteiger partial charge in [0.25, 0.3) is 0 Å². The van der Waals surface area contributed by atoms with Crippen LogP contribution in [0.25, 0.3) is 11.1 Å². The number of carboxylic acids is 1. The molecule has 3 aromatic rings. The molecule has 0 fully saturated rings. The average Bonchev–Trinajstić information content (AvgIpc) is 3.17. The maximum atomic E-state index is 13.4. The molecule has 2 heterocycles. The van der Waals surface area contributed by atoms with E-state index in [0.717, 1.165) is 16.9 Å². The third kappa shape index (κ3) is 3.90. The number of nitrogens with one attached hydrogen (secondary N) is 1. The number of hydrogen-bond donors (Lipinski definition) is 2. The fourth-order valence-electron chi connectivity index (χ4n) is 3.74. The minimum Gasteiger partial charge on any atom is -0.493 e. The zero-order valence-electron chi connectivity index (χ0n) is 17.0. The molecule has 0 radical (unpaired) electrons. The summed E-state index contributed by atoms with van der Waals surface area (Å²) in [5.41, 5.74) is 2.07. The Morgan fingerprint density at radius 2 is 2.03 bits per heavy atom. The number of methoxy groups -OCH3 is 1. The Hall–Kier alpha value is -3.83. The fourth-order valence-corrected chi connectivity index (χ4v) is 4.99. The van der Waals surface area contributed by atoms with Crippen molar-refractivity contribution in [2.75, 3.05) is 19.0 Å². The Bertz CT molecular complexity index is 1240. The number of halogens is 1. The number of anilines is 1. The molecule has 1 aliphatic rings. The summed E-state index contributed by atoms with van der Waals surface area (Å²) in [6, 6.07) is 10.8. The molecular weight excluding hydrogens is 433 g/mol. The molecule has 0 spiro atoms. The smallest absolute Gasteiger partial charge is 0.346 e. The van der Waals surface area contributed by atoms with Gasteiger partial charge in [0.05, 0.1) is 12.8 Å². The molecule has 0 unspecified atom stereocenters. The topological polar surface area (TPSA) is 84.9 Å². The standard InChI is InChI=1S/C24H18FNO5S/c1-3-10-31-18-11-14(6-9-17(18)30-2)16-12-19(27)26-21-20(13-4-7-15(25)8-5-13)23(24(28)29)32-22(16)21/h1,4-9,11,16H,10,12H2,2H3,(H,26,27)(H,28,29)/t16-/m1/s1. The van der Waals surface area contributed by atoms with E-state index in [9.17, 15) is 19.1 Å². The molecule has 6 nitrogen and oxygen atoms in total. The van der Waals surface area contributed by atoms with Crippen molar-refractivity contribution in [1.82, 2.24) is 0 Å². The number of thiophene rings is 1. The minimum atomic E-state index is -1.12. The van der Waals surface area contributed by atoms with Gasteiger partial charge in [0.15, 0.2) is 11.5 Å². The van der Waals surface area contributed by atoms with Crippen molar-refractivity contribution in [3.8, 4) is 35.0 Å². The van der Waals surface area contributed by atoms with Crippen molar-refractivity contribution in [2.24, 2.45) is 0 Å². The summed E-state index contributed by atoms with van der Waals surface area (Å²) in [4.78, 5) is 25.4. The second kappa shape index (κ2) is 8.73. The summed E-state index contributed by atoms with van der Waals surface area (Å²) in [5.74, 6) is 1.13. The number of ether oxygens (including phenoxy) is 2. The molecule has 1 atom stereocenters. The monoisotopic (exact) mass is 451 g/mol. The number of rotatable bonds is 6. The summed E-state index contributed by atoms with van der Waals surface area (Å²) >= 11 is 1.10. The Labute approximate surface area is 187 Å². The molecule has 0 saturated carbocycles. The van der Waals surface area contributed by atoms with Crippen LogP contribution in [-0.4, -0.2) is 30.7 Å². The van der Waals surface area contributed by atoms with E-state index in [4.69, 9.17) is 15.9 Å². The van der Waals surface area contributed by atoms with Gasteiger partial charge in [-0.05, 0) is 35.4 Å². The number of benzene rings is 2. The van der Waals surface area contributed by atoms with Crippen LogP contribution >= 0.6 is 11.3 Å². The van der Waals surface area contributed by atoms with E-state index in [2.05, 4.69) is 11.2 Å². The zero-order valence-corrected chi connectivity index (χ0v) is 17.8.